The van der Waals surface area contributed by atoms with Crippen molar-refractivity contribution in [2.45, 2.75) is 64.8 Å². The van der Waals surface area contributed by atoms with Gasteiger partial charge in [0.1, 0.15) is 5.84 Å². The highest BCUT2D eigenvalue weighted by Crippen LogP contribution is 2.54. The molecule has 1 amide bonds. The fourth-order valence-electron chi connectivity index (χ4n) is 5.31. The first kappa shape index (κ1) is 24.5. The van der Waals surface area contributed by atoms with Crippen LogP contribution in [0.1, 0.15) is 52.0 Å². The Labute approximate surface area is 206 Å². The monoisotopic (exact) mass is 484 g/mol. The number of alkyl carbamates (subject to hydrolysis) is 1. The molecule has 1 aromatic rings. The van der Waals surface area contributed by atoms with Gasteiger partial charge in [0.25, 0.3) is 0 Å². The topological polar surface area (TPSA) is 93.3 Å². The van der Waals surface area contributed by atoms with Crippen molar-refractivity contribution in [1.82, 2.24) is 15.1 Å². The van der Waals surface area contributed by atoms with Crippen molar-refractivity contribution in [2.24, 2.45) is 21.3 Å². The van der Waals surface area contributed by atoms with Gasteiger partial charge in [-0.2, -0.15) is 5.26 Å². The summed E-state index contributed by atoms with van der Waals surface area (Å²) in [6.45, 7) is 7.82. The average molecular weight is 485 g/mol. The first-order chi connectivity index (χ1) is 16.2. The Kier molecular flexibility index (Phi) is 7.15. The zero-order chi connectivity index (χ0) is 24.5. The van der Waals surface area contributed by atoms with E-state index in [2.05, 4.69) is 40.1 Å². The summed E-state index contributed by atoms with van der Waals surface area (Å²) in [5.41, 5.74) is 1.32. The zero-order valence-electron chi connectivity index (χ0n) is 20.3. The van der Waals surface area contributed by atoms with E-state index < -0.39 is 0 Å². The number of rotatable bonds is 4. The minimum atomic E-state index is -0.308. The van der Waals surface area contributed by atoms with Crippen LogP contribution in [0.15, 0.2) is 28.2 Å². The SMILES string of the molecule is CC(C)OC(=O)NC1CC12CCCN(C1C(C)C(=Nc3ccc(C#N)cc3Cl)N=CN1C)CC2. The predicted molar refractivity (Wildman–Crippen MR) is 133 cm³/mol. The first-order valence-corrected chi connectivity index (χ1v) is 12.4. The van der Waals surface area contributed by atoms with Gasteiger partial charge in [0.05, 0.1) is 46.9 Å². The number of likely N-dealkylation sites (tertiary alicyclic amines) is 1. The standard InChI is InChI=1S/C25H33ClN6O2/c1-16(2)34-24(33)30-21-13-25(21)8-5-10-32(11-9-25)23-17(3)22(28-15-31(23)4)29-20-7-6-18(14-27)12-19(20)26/h6-7,12,15-17,21,23H,5,8-11,13H2,1-4H3,(H,30,33). The van der Waals surface area contributed by atoms with E-state index in [0.717, 1.165) is 44.6 Å². The van der Waals surface area contributed by atoms with Gasteiger partial charge >= 0.3 is 6.09 Å². The third kappa shape index (κ3) is 5.21. The van der Waals surface area contributed by atoms with Crippen LogP contribution in [-0.2, 0) is 4.74 Å². The summed E-state index contributed by atoms with van der Waals surface area (Å²) in [4.78, 5) is 26.1. The van der Waals surface area contributed by atoms with E-state index in [-0.39, 0.29) is 35.7 Å². The van der Waals surface area contributed by atoms with Crippen LogP contribution >= 0.6 is 11.6 Å². The van der Waals surface area contributed by atoms with Gasteiger partial charge in [-0.1, -0.05) is 18.5 Å². The van der Waals surface area contributed by atoms with Crippen LogP contribution in [0.3, 0.4) is 0 Å². The van der Waals surface area contributed by atoms with Crippen LogP contribution in [0, 0.1) is 22.7 Å². The number of benzene rings is 1. The van der Waals surface area contributed by atoms with Gasteiger partial charge in [0.15, 0.2) is 0 Å². The number of halogens is 1. The molecular weight excluding hydrogens is 452 g/mol. The second kappa shape index (κ2) is 9.93. The third-order valence-corrected chi connectivity index (χ3v) is 7.47. The van der Waals surface area contributed by atoms with Gasteiger partial charge in [-0.15, -0.1) is 0 Å². The van der Waals surface area contributed by atoms with E-state index in [1.165, 1.54) is 0 Å². The lowest BCUT2D eigenvalue weighted by molar-refractivity contribution is 0.0841. The molecule has 1 saturated carbocycles. The summed E-state index contributed by atoms with van der Waals surface area (Å²) in [5, 5.41) is 12.6. The number of nitrogens with zero attached hydrogens (tertiary/aromatic N) is 5. The number of carbonyl (C=O) groups excluding carboxylic acids is 1. The van der Waals surface area contributed by atoms with Crippen LogP contribution in [0.4, 0.5) is 10.5 Å². The second-order valence-electron chi connectivity index (χ2n) is 9.97. The number of amidine groups is 1. The molecular formula is C25H33ClN6O2. The number of amides is 1. The molecule has 182 valence electrons. The number of carbonyl (C=O) groups is 1. The Balaban J connectivity index is 1.44. The van der Waals surface area contributed by atoms with E-state index >= 15 is 0 Å². The molecule has 1 N–H and O–H groups in total. The quantitative estimate of drug-likeness (QED) is 0.676. The normalized spacial score (nSPS) is 30.3. The number of aliphatic imine (C=N–C) groups is 2. The molecule has 4 rings (SSSR count). The maximum Gasteiger partial charge on any atom is 0.407 e. The van der Waals surface area contributed by atoms with E-state index in [1.54, 1.807) is 18.2 Å². The van der Waals surface area contributed by atoms with Crippen molar-refractivity contribution in [3.8, 4) is 6.07 Å². The van der Waals surface area contributed by atoms with Crippen LogP contribution in [0.2, 0.25) is 5.02 Å². The summed E-state index contributed by atoms with van der Waals surface area (Å²) >= 11 is 6.36. The van der Waals surface area contributed by atoms with Crippen LogP contribution in [0.25, 0.3) is 0 Å². The molecule has 4 unspecified atom stereocenters. The second-order valence-corrected chi connectivity index (χ2v) is 10.4. The Morgan fingerprint density at radius 3 is 2.88 bits per heavy atom. The summed E-state index contributed by atoms with van der Waals surface area (Å²) in [5.74, 6) is 0.806. The van der Waals surface area contributed by atoms with E-state index in [9.17, 15) is 4.79 Å². The smallest absolute Gasteiger partial charge is 0.407 e. The lowest BCUT2D eigenvalue weighted by Gasteiger charge is -2.42. The molecule has 3 aliphatic rings. The molecule has 1 saturated heterocycles. The number of hydrogen-bond donors (Lipinski definition) is 1. The lowest BCUT2D eigenvalue weighted by Crippen LogP contribution is -2.54. The number of hydrogen-bond acceptors (Lipinski definition) is 6. The molecule has 2 heterocycles. The van der Waals surface area contributed by atoms with Crippen molar-refractivity contribution in [1.29, 1.82) is 5.26 Å². The summed E-state index contributed by atoms with van der Waals surface area (Å²) in [7, 11) is 2.06. The minimum Gasteiger partial charge on any atom is -0.447 e. The maximum atomic E-state index is 12.1. The zero-order valence-corrected chi connectivity index (χ0v) is 21.0. The molecule has 9 heteroatoms. The molecule has 1 aromatic carbocycles. The highest BCUT2D eigenvalue weighted by Gasteiger charge is 2.55. The molecule has 2 aliphatic heterocycles. The average Bonchev–Trinajstić information content (AvgIpc) is 3.50. The van der Waals surface area contributed by atoms with Gasteiger partial charge in [-0.05, 0) is 63.1 Å². The fraction of sp³-hybridized carbons (Fsp3) is 0.600. The Morgan fingerprint density at radius 1 is 1.38 bits per heavy atom. The molecule has 0 radical (unpaired) electrons. The minimum absolute atomic E-state index is 0.0740. The molecule has 2 fully saturated rings. The van der Waals surface area contributed by atoms with Crippen LogP contribution in [0.5, 0.6) is 0 Å². The van der Waals surface area contributed by atoms with Crippen molar-refractivity contribution >= 4 is 35.6 Å². The largest absolute Gasteiger partial charge is 0.447 e. The van der Waals surface area contributed by atoms with Crippen molar-refractivity contribution < 1.29 is 9.53 Å². The van der Waals surface area contributed by atoms with Gasteiger partial charge < -0.3 is 15.0 Å². The predicted octanol–water partition coefficient (Wildman–Crippen LogP) is 4.56. The Morgan fingerprint density at radius 2 is 2.18 bits per heavy atom. The molecule has 0 aromatic heterocycles. The maximum absolute atomic E-state index is 12.1. The molecule has 0 bridgehead atoms. The Hall–Kier alpha value is -2.63. The van der Waals surface area contributed by atoms with E-state index in [1.807, 2.05) is 20.2 Å². The Bertz CT molecular complexity index is 1030. The van der Waals surface area contributed by atoms with Gasteiger partial charge in [-0.25, -0.2) is 14.8 Å². The summed E-state index contributed by atoms with van der Waals surface area (Å²) < 4.78 is 5.27. The van der Waals surface area contributed by atoms with Crippen molar-refractivity contribution in [2.75, 3.05) is 20.1 Å². The molecule has 1 aliphatic carbocycles. The van der Waals surface area contributed by atoms with E-state index in [0.29, 0.717) is 16.3 Å². The molecule has 8 nitrogen and oxygen atoms in total. The van der Waals surface area contributed by atoms with Crippen molar-refractivity contribution in [3.63, 3.8) is 0 Å². The molecule has 4 atom stereocenters. The fourth-order valence-corrected chi connectivity index (χ4v) is 5.54. The highest BCUT2D eigenvalue weighted by atomic mass is 35.5. The van der Waals surface area contributed by atoms with Gasteiger partial charge in [0.2, 0.25) is 0 Å². The van der Waals surface area contributed by atoms with E-state index in [4.69, 9.17) is 26.6 Å². The van der Waals surface area contributed by atoms with Gasteiger partial charge in [-0.3, -0.25) is 4.90 Å². The van der Waals surface area contributed by atoms with Crippen LogP contribution in [-0.4, -0.2) is 66.5 Å². The third-order valence-electron chi connectivity index (χ3n) is 7.17. The van der Waals surface area contributed by atoms with Crippen LogP contribution < -0.4 is 5.32 Å². The highest BCUT2D eigenvalue weighted by molar-refractivity contribution is 6.33. The summed E-state index contributed by atoms with van der Waals surface area (Å²) in [6.07, 6.45) is 5.81. The molecule has 1 spiro atoms. The van der Waals surface area contributed by atoms with Gasteiger partial charge in [0, 0.05) is 26.2 Å². The first-order valence-electron chi connectivity index (χ1n) is 12.0. The van der Waals surface area contributed by atoms with Crippen molar-refractivity contribution in [3.05, 3.63) is 28.8 Å². The number of nitriles is 1. The number of ether oxygens (including phenoxy) is 1. The number of nitrogens with one attached hydrogen (secondary N) is 1. The lowest BCUT2D eigenvalue weighted by atomic mass is 9.96. The molecule has 34 heavy (non-hydrogen) atoms. The summed E-state index contributed by atoms with van der Waals surface area (Å²) in [6, 6.07) is 7.42.